The lowest BCUT2D eigenvalue weighted by Crippen LogP contribution is -2.28. The Hall–Kier alpha value is -3.62. The first-order chi connectivity index (χ1) is 14.0. The molecule has 4 rings (SSSR count). The van der Waals surface area contributed by atoms with Crippen LogP contribution in [0.5, 0.6) is 11.5 Å². The largest absolute Gasteiger partial charge is 0.455 e. The topological polar surface area (TPSA) is 94.2 Å². The summed E-state index contributed by atoms with van der Waals surface area (Å²) in [4.78, 5) is 37.7. The first-order valence-corrected chi connectivity index (χ1v) is 8.92. The second-order valence-electron chi connectivity index (χ2n) is 6.58. The van der Waals surface area contributed by atoms with Crippen molar-refractivity contribution < 1.29 is 33.0 Å². The number of ether oxygens (including phenoxy) is 3. The third-order valence-electron chi connectivity index (χ3n) is 4.60. The summed E-state index contributed by atoms with van der Waals surface area (Å²) in [6.45, 7) is -0.381. The minimum absolute atomic E-state index is 0.00236. The van der Waals surface area contributed by atoms with E-state index >= 15 is 0 Å². The van der Waals surface area contributed by atoms with E-state index in [1.54, 1.807) is 24.3 Å². The van der Waals surface area contributed by atoms with Gasteiger partial charge >= 0.3 is 5.97 Å². The van der Waals surface area contributed by atoms with E-state index < -0.39 is 30.2 Å². The zero-order chi connectivity index (χ0) is 20.4. The molecule has 1 N–H and O–H groups in total. The van der Waals surface area contributed by atoms with Gasteiger partial charge in [-0.2, -0.15) is 0 Å². The van der Waals surface area contributed by atoms with E-state index in [0.29, 0.717) is 17.2 Å². The fraction of sp³-hybridized carbons (Fsp3) is 0.250. The Bertz CT molecular complexity index is 979. The van der Waals surface area contributed by atoms with Crippen LogP contribution in [0, 0.1) is 11.7 Å². The third-order valence-corrected chi connectivity index (χ3v) is 4.60. The molecule has 0 aromatic heterocycles. The molecule has 0 bridgehead atoms. The fourth-order valence-corrected chi connectivity index (χ4v) is 3.19. The molecule has 2 aliphatic heterocycles. The van der Waals surface area contributed by atoms with Crippen LogP contribution >= 0.6 is 0 Å². The van der Waals surface area contributed by atoms with Crippen molar-refractivity contribution in [3.63, 3.8) is 0 Å². The van der Waals surface area contributed by atoms with Gasteiger partial charge in [0, 0.05) is 24.7 Å². The number of nitrogens with one attached hydrogen (secondary N) is 1. The number of fused-ring (bicyclic) bond motifs is 1. The third kappa shape index (κ3) is 3.98. The van der Waals surface area contributed by atoms with E-state index in [2.05, 4.69) is 5.32 Å². The van der Waals surface area contributed by atoms with Gasteiger partial charge in [-0.1, -0.05) is 12.1 Å². The summed E-state index contributed by atoms with van der Waals surface area (Å²) in [6, 6.07) is 10.7. The second-order valence-corrected chi connectivity index (χ2v) is 6.58. The number of carbonyl (C=O) groups excluding carboxylic acids is 3. The summed E-state index contributed by atoms with van der Waals surface area (Å²) in [6.07, 6.45) is -0.100. The quantitative estimate of drug-likeness (QED) is 0.773. The Kier molecular flexibility index (Phi) is 5.03. The number of hydrogen-bond donors (Lipinski definition) is 1. The standard InChI is InChI=1S/C20H17FN2O6/c21-14-3-1-2-4-15(14)23-9-12(7-19(23)25)20(26)27-10-18(24)22-13-5-6-16-17(8-13)29-11-28-16/h1-6,8,12H,7,9-11H2,(H,22,24)/t12-/m0/s1. The molecule has 0 unspecified atom stereocenters. The van der Waals surface area contributed by atoms with E-state index in [1.165, 1.54) is 23.1 Å². The lowest BCUT2D eigenvalue weighted by molar-refractivity contribution is -0.151. The van der Waals surface area contributed by atoms with Gasteiger partial charge in [0.15, 0.2) is 18.1 Å². The van der Waals surface area contributed by atoms with Crippen molar-refractivity contribution in [3.8, 4) is 11.5 Å². The van der Waals surface area contributed by atoms with Gasteiger partial charge in [-0.25, -0.2) is 4.39 Å². The lowest BCUT2D eigenvalue weighted by atomic mass is 10.1. The van der Waals surface area contributed by atoms with Crippen LogP contribution in [0.2, 0.25) is 0 Å². The molecule has 2 aromatic carbocycles. The highest BCUT2D eigenvalue weighted by Gasteiger charge is 2.37. The lowest BCUT2D eigenvalue weighted by Gasteiger charge is -2.17. The van der Waals surface area contributed by atoms with Gasteiger partial charge in [0.25, 0.3) is 5.91 Å². The smallest absolute Gasteiger partial charge is 0.311 e. The van der Waals surface area contributed by atoms with Crippen LogP contribution in [0.4, 0.5) is 15.8 Å². The Morgan fingerprint density at radius 2 is 1.97 bits per heavy atom. The van der Waals surface area contributed by atoms with E-state index in [-0.39, 0.29) is 31.4 Å². The number of rotatable bonds is 5. The number of hydrogen-bond acceptors (Lipinski definition) is 6. The van der Waals surface area contributed by atoms with Gasteiger partial charge in [-0.05, 0) is 24.3 Å². The molecule has 0 radical (unpaired) electrons. The molecule has 150 valence electrons. The van der Waals surface area contributed by atoms with Gasteiger partial charge in [0.2, 0.25) is 12.7 Å². The highest BCUT2D eigenvalue weighted by molar-refractivity contribution is 6.00. The number of nitrogens with zero attached hydrogens (tertiary/aromatic N) is 1. The van der Waals surface area contributed by atoms with Crippen LogP contribution in [0.3, 0.4) is 0 Å². The highest BCUT2D eigenvalue weighted by Crippen LogP contribution is 2.34. The summed E-state index contributed by atoms with van der Waals surface area (Å²) >= 11 is 0. The Labute approximate surface area is 165 Å². The summed E-state index contributed by atoms with van der Waals surface area (Å²) in [5.74, 6) is -1.80. The predicted octanol–water partition coefficient (Wildman–Crippen LogP) is 2.09. The number of carbonyl (C=O) groups is 3. The molecule has 9 heteroatoms. The van der Waals surface area contributed by atoms with Crippen molar-refractivity contribution in [1.29, 1.82) is 0 Å². The van der Waals surface area contributed by atoms with Gasteiger partial charge in [-0.3, -0.25) is 14.4 Å². The minimum atomic E-state index is -0.763. The number of para-hydroxylation sites is 1. The zero-order valence-electron chi connectivity index (χ0n) is 15.2. The molecule has 1 fully saturated rings. The highest BCUT2D eigenvalue weighted by atomic mass is 19.1. The normalized spacial score (nSPS) is 17.3. The van der Waals surface area contributed by atoms with Crippen LogP contribution in [-0.4, -0.2) is 37.7 Å². The molecule has 1 atom stereocenters. The summed E-state index contributed by atoms with van der Waals surface area (Å²) in [5.41, 5.74) is 0.588. The minimum Gasteiger partial charge on any atom is -0.455 e. The zero-order valence-corrected chi connectivity index (χ0v) is 15.2. The molecule has 2 aliphatic rings. The molecule has 29 heavy (non-hydrogen) atoms. The van der Waals surface area contributed by atoms with Crippen molar-refractivity contribution in [2.45, 2.75) is 6.42 Å². The number of amides is 2. The number of anilines is 2. The number of halogens is 1. The Morgan fingerprint density at radius 1 is 1.17 bits per heavy atom. The first kappa shape index (κ1) is 18.7. The van der Waals surface area contributed by atoms with Gasteiger partial charge in [0.05, 0.1) is 11.6 Å². The maximum atomic E-state index is 13.9. The van der Waals surface area contributed by atoms with Crippen molar-refractivity contribution in [2.24, 2.45) is 5.92 Å². The Morgan fingerprint density at radius 3 is 2.79 bits per heavy atom. The fourth-order valence-electron chi connectivity index (χ4n) is 3.19. The van der Waals surface area contributed by atoms with Crippen LogP contribution in [0.1, 0.15) is 6.42 Å². The molecule has 1 saturated heterocycles. The number of benzene rings is 2. The Balaban J connectivity index is 1.30. The van der Waals surface area contributed by atoms with E-state index in [4.69, 9.17) is 14.2 Å². The molecule has 2 heterocycles. The molecule has 2 aromatic rings. The van der Waals surface area contributed by atoms with Gasteiger partial charge in [0.1, 0.15) is 5.82 Å². The molecular formula is C20H17FN2O6. The van der Waals surface area contributed by atoms with E-state index in [0.717, 1.165) is 0 Å². The van der Waals surface area contributed by atoms with Crippen molar-refractivity contribution in [1.82, 2.24) is 0 Å². The molecule has 0 spiro atoms. The molecule has 8 nitrogen and oxygen atoms in total. The van der Waals surface area contributed by atoms with Gasteiger partial charge in [-0.15, -0.1) is 0 Å². The van der Waals surface area contributed by atoms with Crippen molar-refractivity contribution in [3.05, 3.63) is 48.3 Å². The summed E-state index contributed by atoms with van der Waals surface area (Å²) < 4.78 is 29.4. The summed E-state index contributed by atoms with van der Waals surface area (Å²) in [7, 11) is 0. The monoisotopic (exact) mass is 400 g/mol. The average molecular weight is 400 g/mol. The van der Waals surface area contributed by atoms with E-state index in [9.17, 15) is 18.8 Å². The molecular weight excluding hydrogens is 383 g/mol. The second kappa shape index (κ2) is 7.78. The molecule has 0 saturated carbocycles. The van der Waals surface area contributed by atoms with Crippen molar-refractivity contribution >= 4 is 29.2 Å². The van der Waals surface area contributed by atoms with Crippen LogP contribution in [0.15, 0.2) is 42.5 Å². The average Bonchev–Trinajstić information content (AvgIpc) is 3.32. The van der Waals surface area contributed by atoms with Crippen LogP contribution < -0.4 is 19.7 Å². The van der Waals surface area contributed by atoms with Crippen LogP contribution in [-0.2, 0) is 19.1 Å². The van der Waals surface area contributed by atoms with Crippen LogP contribution in [0.25, 0.3) is 0 Å². The molecule has 2 amide bonds. The first-order valence-electron chi connectivity index (χ1n) is 8.92. The number of esters is 1. The predicted molar refractivity (Wildman–Crippen MR) is 99.0 cm³/mol. The maximum absolute atomic E-state index is 13.9. The van der Waals surface area contributed by atoms with Crippen molar-refractivity contribution in [2.75, 3.05) is 30.2 Å². The SMILES string of the molecule is O=C(COC(=O)[C@H]1CC(=O)N(c2ccccc2F)C1)Nc1ccc2c(c1)OCO2. The van der Waals surface area contributed by atoms with Gasteiger partial charge < -0.3 is 24.4 Å². The van der Waals surface area contributed by atoms with E-state index in [1.807, 2.05) is 0 Å². The molecule has 0 aliphatic carbocycles. The maximum Gasteiger partial charge on any atom is 0.311 e. The summed E-state index contributed by atoms with van der Waals surface area (Å²) in [5, 5.41) is 2.59.